The minimum atomic E-state index is -0.406. The van der Waals surface area contributed by atoms with Gasteiger partial charge in [0.15, 0.2) is 0 Å². The van der Waals surface area contributed by atoms with Gasteiger partial charge < -0.3 is 4.74 Å². The number of aromatic nitrogens is 2. The number of ether oxygens (including phenoxy) is 1. The SMILES string of the molecule is C/C(=N\NC(=O)c1cc(-c2ccc(OCc3ccc(C)cc3)cc2)n[nH]1)c1ccc(Cl)c(Cl)c1. The van der Waals surface area contributed by atoms with E-state index in [1.54, 1.807) is 31.2 Å². The first-order valence-corrected chi connectivity index (χ1v) is 11.3. The van der Waals surface area contributed by atoms with Gasteiger partial charge in [-0.3, -0.25) is 9.89 Å². The molecule has 0 aliphatic carbocycles. The van der Waals surface area contributed by atoms with Crippen LogP contribution in [-0.4, -0.2) is 21.8 Å². The number of amides is 1. The van der Waals surface area contributed by atoms with Crippen LogP contribution in [0, 0.1) is 6.92 Å². The number of carbonyl (C=O) groups is 1. The van der Waals surface area contributed by atoms with Crippen molar-refractivity contribution in [3.63, 3.8) is 0 Å². The summed E-state index contributed by atoms with van der Waals surface area (Å²) in [5.74, 6) is 0.348. The Morgan fingerprint density at radius 2 is 1.74 bits per heavy atom. The van der Waals surface area contributed by atoms with Crippen molar-refractivity contribution in [1.29, 1.82) is 0 Å². The van der Waals surface area contributed by atoms with Gasteiger partial charge in [-0.2, -0.15) is 10.2 Å². The van der Waals surface area contributed by atoms with E-state index in [4.69, 9.17) is 27.9 Å². The van der Waals surface area contributed by atoms with E-state index in [0.717, 1.165) is 22.4 Å². The summed E-state index contributed by atoms with van der Waals surface area (Å²) in [6, 6.07) is 22.6. The van der Waals surface area contributed by atoms with Gasteiger partial charge in [0.25, 0.3) is 5.91 Å². The van der Waals surface area contributed by atoms with E-state index >= 15 is 0 Å². The Labute approximate surface area is 207 Å². The molecule has 1 heterocycles. The molecule has 6 nitrogen and oxygen atoms in total. The van der Waals surface area contributed by atoms with Crippen LogP contribution in [-0.2, 0) is 6.61 Å². The van der Waals surface area contributed by atoms with Gasteiger partial charge in [-0.15, -0.1) is 0 Å². The van der Waals surface area contributed by atoms with Gasteiger partial charge >= 0.3 is 0 Å². The second kappa shape index (κ2) is 10.5. The number of H-pyrrole nitrogens is 1. The highest BCUT2D eigenvalue weighted by atomic mass is 35.5. The lowest BCUT2D eigenvalue weighted by Gasteiger charge is -2.07. The predicted molar refractivity (Wildman–Crippen MR) is 136 cm³/mol. The molecule has 4 rings (SSSR count). The van der Waals surface area contributed by atoms with Crippen molar-refractivity contribution in [2.24, 2.45) is 5.10 Å². The fraction of sp³-hybridized carbons (Fsp3) is 0.115. The van der Waals surface area contributed by atoms with Crippen molar-refractivity contribution in [2.45, 2.75) is 20.5 Å². The Hall–Kier alpha value is -3.61. The van der Waals surface area contributed by atoms with Gasteiger partial charge in [0, 0.05) is 5.56 Å². The summed E-state index contributed by atoms with van der Waals surface area (Å²) >= 11 is 12.0. The number of hydrogen-bond donors (Lipinski definition) is 2. The lowest BCUT2D eigenvalue weighted by Crippen LogP contribution is -2.19. The largest absolute Gasteiger partial charge is 0.489 e. The first-order chi connectivity index (χ1) is 16.4. The van der Waals surface area contributed by atoms with Crippen LogP contribution in [0.4, 0.5) is 0 Å². The Morgan fingerprint density at radius 1 is 1.00 bits per heavy atom. The maximum absolute atomic E-state index is 12.5. The molecule has 0 saturated heterocycles. The number of aromatic amines is 1. The third kappa shape index (κ3) is 5.84. The molecule has 0 spiro atoms. The third-order valence-corrected chi connectivity index (χ3v) is 5.90. The number of nitrogens with one attached hydrogen (secondary N) is 2. The molecule has 8 heteroatoms. The standard InChI is InChI=1S/C26H22Cl2N4O2/c1-16-3-5-18(6-4-16)15-34-21-10-7-19(8-11-21)24-14-25(31-30-24)26(33)32-29-17(2)20-9-12-22(27)23(28)13-20/h3-14H,15H2,1-2H3,(H,30,31)(H,32,33)/b29-17+. The van der Waals surface area contributed by atoms with Gasteiger partial charge in [0.1, 0.15) is 18.1 Å². The van der Waals surface area contributed by atoms with Crippen molar-refractivity contribution in [2.75, 3.05) is 0 Å². The molecule has 2 N–H and O–H groups in total. The van der Waals surface area contributed by atoms with E-state index in [1.165, 1.54) is 5.56 Å². The first-order valence-electron chi connectivity index (χ1n) is 10.5. The maximum Gasteiger partial charge on any atom is 0.289 e. The zero-order valence-corrected chi connectivity index (χ0v) is 20.1. The average molecular weight is 493 g/mol. The molecule has 0 saturated carbocycles. The minimum Gasteiger partial charge on any atom is -0.489 e. The van der Waals surface area contributed by atoms with E-state index in [0.29, 0.717) is 33.8 Å². The number of aryl methyl sites for hydroxylation is 1. The van der Waals surface area contributed by atoms with Gasteiger partial charge in [-0.1, -0.05) is 59.1 Å². The van der Waals surface area contributed by atoms with Crippen LogP contribution in [0.1, 0.15) is 34.1 Å². The number of rotatable bonds is 7. The summed E-state index contributed by atoms with van der Waals surface area (Å²) in [6.07, 6.45) is 0. The van der Waals surface area contributed by atoms with Gasteiger partial charge in [0.05, 0.1) is 21.5 Å². The number of benzene rings is 3. The molecular weight excluding hydrogens is 471 g/mol. The molecule has 0 radical (unpaired) electrons. The van der Waals surface area contributed by atoms with Crippen molar-refractivity contribution >= 4 is 34.8 Å². The topological polar surface area (TPSA) is 79.4 Å². The molecule has 0 atom stereocenters. The van der Waals surface area contributed by atoms with Crippen molar-refractivity contribution < 1.29 is 9.53 Å². The molecule has 1 amide bonds. The van der Waals surface area contributed by atoms with E-state index in [2.05, 4.69) is 51.9 Å². The lowest BCUT2D eigenvalue weighted by atomic mass is 10.1. The number of nitrogens with zero attached hydrogens (tertiary/aromatic N) is 2. The first kappa shape index (κ1) is 23.5. The van der Waals surface area contributed by atoms with Crippen LogP contribution in [0.15, 0.2) is 77.9 Å². The molecule has 34 heavy (non-hydrogen) atoms. The van der Waals surface area contributed by atoms with E-state index in [-0.39, 0.29) is 0 Å². The molecule has 0 unspecified atom stereocenters. The zero-order valence-electron chi connectivity index (χ0n) is 18.6. The smallest absolute Gasteiger partial charge is 0.289 e. The number of carbonyl (C=O) groups excluding carboxylic acids is 1. The number of hydrogen-bond acceptors (Lipinski definition) is 4. The Kier molecular flexibility index (Phi) is 7.30. The molecule has 0 aliphatic rings. The van der Waals surface area contributed by atoms with Gasteiger partial charge in [0.2, 0.25) is 0 Å². The van der Waals surface area contributed by atoms with Crippen molar-refractivity contribution in [3.05, 3.63) is 105 Å². The number of halogens is 2. The highest BCUT2D eigenvalue weighted by Crippen LogP contribution is 2.23. The summed E-state index contributed by atoms with van der Waals surface area (Å²) in [6.45, 7) is 4.31. The molecule has 172 valence electrons. The second-order valence-electron chi connectivity index (χ2n) is 7.73. The van der Waals surface area contributed by atoms with Gasteiger partial charge in [-0.05, 0) is 67.4 Å². The van der Waals surface area contributed by atoms with E-state index < -0.39 is 5.91 Å². The second-order valence-corrected chi connectivity index (χ2v) is 8.55. The predicted octanol–water partition coefficient (Wildman–Crippen LogP) is 6.42. The monoisotopic (exact) mass is 492 g/mol. The Morgan fingerprint density at radius 3 is 2.44 bits per heavy atom. The van der Waals surface area contributed by atoms with Crippen molar-refractivity contribution in [3.8, 4) is 17.0 Å². The molecule has 0 bridgehead atoms. The fourth-order valence-corrected chi connectivity index (χ4v) is 3.44. The van der Waals surface area contributed by atoms with Crippen LogP contribution in [0.3, 0.4) is 0 Å². The Bertz CT molecular complexity index is 1330. The minimum absolute atomic E-state index is 0.292. The van der Waals surface area contributed by atoms with E-state index in [9.17, 15) is 4.79 Å². The summed E-state index contributed by atoms with van der Waals surface area (Å²) in [5, 5.41) is 12.0. The molecular formula is C26H22Cl2N4O2. The average Bonchev–Trinajstić information content (AvgIpc) is 3.34. The maximum atomic E-state index is 12.5. The molecule has 4 aromatic rings. The molecule has 0 aliphatic heterocycles. The molecule has 0 fully saturated rings. The zero-order chi connectivity index (χ0) is 24.1. The summed E-state index contributed by atoms with van der Waals surface area (Å²) < 4.78 is 5.85. The van der Waals surface area contributed by atoms with Crippen LogP contribution in [0.2, 0.25) is 10.0 Å². The summed E-state index contributed by atoms with van der Waals surface area (Å²) in [5.41, 5.74) is 7.98. The van der Waals surface area contributed by atoms with Crippen LogP contribution >= 0.6 is 23.2 Å². The van der Waals surface area contributed by atoms with Crippen LogP contribution in [0.5, 0.6) is 5.75 Å². The van der Waals surface area contributed by atoms with Crippen molar-refractivity contribution in [1.82, 2.24) is 15.6 Å². The fourth-order valence-electron chi connectivity index (χ4n) is 3.14. The highest BCUT2D eigenvalue weighted by Gasteiger charge is 2.11. The molecule has 3 aromatic carbocycles. The molecule has 1 aromatic heterocycles. The van der Waals surface area contributed by atoms with Crippen LogP contribution < -0.4 is 10.2 Å². The van der Waals surface area contributed by atoms with Gasteiger partial charge in [-0.25, -0.2) is 5.43 Å². The lowest BCUT2D eigenvalue weighted by molar-refractivity contribution is 0.0950. The Balaban J connectivity index is 1.36. The normalized spacial score (nSPS) is 11.4. The third-order valence-electron chi connectivity index (χ3n) is 5.16. The summed E-state index contributed by atoms with van der Waals surface area (Å²) in [7, 11) is 0. The van der Waals surface area contributed by atoms with E-state index in [1.807, 2.05) is 24.3 Å². The van der Waals surface area contributed by atoms with Crippen LogP contribution in [0.25, 0.3) is 11.3 Å². The number of hydrazone groups is 1. The highest BCUT2D eigenvalue weighted by molar-refractivity contribution is 6.42. The summed E-state index contributed by atoms with van der Waals surface area (Å²) in [4.78, 5) is 12.5. The quantitative estimate of drug-likeness (QED) is 0.230.